The average Bonchev–Trinajstić information content (AvgIpc) is 3.08. The minimum absolute atomic E-state index is 0.566. The molecule has 1 fully saturated rings. The summed E-state index contributed by atoms with van der Waals surface area (Å²) in [5.74, 6) is 0.976. The van der Waals surface area contributed by atoms with Gasteiger partial charge in [-0.25, -0.2) is 0 Å². The number of unbranched alkanes of at least 4 members (excludes halogenated alkanes) is 1. The number of nitrogens with one attached hydrogen (secondary N) is 2. The van der Waals surface area contributed by atoms with Crippen LogP contribution >= 0.6 is 11.8 Å². The molecule has 1 heterocycles. The third-order valence-corrected chi connectivity index (χ3v) is 5.30. The Balaban J connectivity index is 1.70. The zero-order valence-corrected chi connectivity index (χ0v) is 15.2. The Morgan fingerprint density at radius 2 is 2.13 bits per heavy atom. The molecule has 1 aromatic heterocycles. The molecule has 0 radical (unpaired) electrons. The Hall–Kier alpha value is -1.24. The molecule has 2 N–H and O–H groups in total. The number of thioether (sulfide) groups is 1. The predicted molar refractivity (Wildman–Crippen MR) is 97.9 cm³/mol. The van der Waals surface area contributed by atoms with E-state index in [-0.39, 0.29) is 0 Å². The molecule has 7 heteroatoms. The largest absolute Gasteiger partial charge is 0.357 e. The van der Waals surface area contributed by atoms with E-state index in [1.807, 2.05) is 16.3 Å². The van der Waals surface area contributed by atoms with Gasteiger partial charge in [-0.3, -0.25) is 4.99 Å². The molecule has 23 heavy (non-hydrogen) atoms. The Labute approximate surface area is 143 Å². The molecule has 1 aromatic rings. The summed E-state index contributed by atoms with van der Waals surface area (Å²) in [6.07, 6.45) is 13.1. The molecule has 6 nitrogen and oxygen atoms in total. The Bertz CT molecular complexity index is 447. The van der Waals surface area contributed by atoms with Gasteiger partial charge in [0, 0.05) is 30.9 Å². The lowest BCUT2D eigenvalue weighted by Gasteiger charge is -2.29. The van der Waals surface area contributed by atoms with Crippen LogP contribution < -0.4 is 10.6 Å². The number of hydrogen-bond donors (Lipinski definition) is 2. The third kappa shape index (κ3) is 6.81. The zero-order chi connectivity index (χ0) is 16.3. The molecule has 0 spiro atoms. The summed E-state index contributed by atoms with van der Waals surface area (Å²) in [6.45, 7) is 4.85. The third-order valence-electron chi connectivity index (χ3n) is 4.21. The van der Waals surface area contributed by atoms with E-state index in [1.165, 1.54) is 25.7 Å². The monoisotopic (exact) mass is 338 g/mol. The molecule has 2 atom stereocenters. The summed E-state index contributed by atoms with van der Waals surface area (Å²) in [4.78, 5) is 4.72. The van der Waals surface area contributed by atoms with Gasteiger partial charge in [-0.2, -0.15) is 11.8 Å². The van der Waals surface area contributed by atoms with Crippen LogP contribution in [0.2, 0.25) is 0 Å². The van der Waals surface area contributed by atoms with Crippen molar-refractivity contribution in [1.82, 2.24) is 25.4 Å². The van der Waals surface area contributed by atoms with Gasteiger partial charge >= 0.3 is 0 Å². The van der Waals surface area contributed by atoms with Gasteiger partial charge in [0.15, 0.2) is 5.96 Å². The first-order valence-corrected chi connectivity index (χ1v) is 10.0. The fourth-order valence-corrected chi connectivity index (χ4v) is 3.77. The molecule has 0 aliphatic heterocycles. The van der Waals surface area contributed by atoms with E-state index in [4.69, 9.17) is 4.99 Å². The smallest absolute Gasteiger partial charge is 0.191 e. The molecule has 0 aromatic carbocycles. The summed E-state index contributed by atoms with van der Waals surface area (Å²) in [5, 5.41) is 15.4. The molecule has 1 aliphatic rings. The van der Waals surface area contributed by atoms with Crippen LogP contribution in [-0.2, 0) is 6.54 Å². The van der Waals surface area contributed by atoms with Crippen LogP contribution in [0.25, 0.3) is 0 Å². The summed E-state index contributed by atoms with van der Waals surface area (Å²) < 4.78 is 2.01. The van der Waals surface area contributed by atoms with Crippen molar-refractivity contribution in [2.24, 2.45) is 4.99 Å². The van der Waals surface area contributed by atoms with Crippen molar-refractivity contribution in [3.05, 3.63) is 12.7 Å². The minimum Gasteiger partial charge on any atom is -0.357 e. The van der Waals surface area contributed by atoms with Crippen molar-refractivity contribution in [2.45, 2.75) is 63.3 Å². The van der Waals surface area contributed by atoms with E-state index in [0.717, 1.165) is 43.7 Å². The van der Waals surface area contributed by atoms with Crippen molar-refractivity contribution in [2.75, 3.05) is 19.3 Å². The second kappa shape index (κ2) is 10.5. The van der Waals surface area contributed by atoms with Crippen molar-refractivity contribution >= 4 is 17.7 Å². The molecule has 2 rings (SSSR count). The number of rotatable bonds is 8. The molecule has 130 valence electrons. The van der Waals surface area contributed by atoms with Gasteiger partial charge in [0.05, 0.1) is 0 Å². The lowest BCUT2D eigenvalue weighted by atomic mass is 9.95. The highest BCUT2D eigenvalue weighted by Crippen LogP contribution is 2.26. The van der Waals surface area contributed by atoms with Gasteiger partial charge in [0.25, 0.3) is 0 Å². The maximum Gasteiger partial charge on any atom is 0.191 e. The molecule has 0 amide bonds. The van der Waals surface area contributed by atoms with Crippen LogP contribution in [0.15, 0.2) is 17.6 Å². The highest BCUT2D eigenvalue weighted by Gasteiger charge is 2.21. The van der Waals surface area contributed by atoms with Gasteiger partial charge in [-0.15, -0.1) is 10.2 Å². The summed E-state index contributed by atoms with van der Waals surface area (Å²) in [7, 11) is 0. The molecular weight excluding hydrogens is 308 g/mol. The van der Waals surface area contributed by atoms with Crippen LogP contribution in [0.3, 0.4) is 0 Å². The predicted octanol–water partition coefficient (Wildman–Crippen LogP) is 2.29. The highest BCUT2D eigenvalue weighted by molar-refractivity contribution is 7.99. The van der Waals surface area contributed by atoms with Gasteiger partial charge in [0.1, 0.15) is 12.7 Å². The van der Waals surface area contributed by atoms with Gasteiger partial charge in [0.2, 0.25) is 0 Å². The Morgan fingerprint density at radius 3 is 2.87 bits per heavy atom. The van der Waals surface area contributed by atoms with E-state index >= 15 is 0 Å². The fraction of sp³-hybridized carbons (Fsp3) is 0.812. The van der Waals surface area contributed by atoms with Crippen LogP contribution in [0, 0.1) is 0 Å². The first-order chi connectivity index (χ1) is 11.3. The van der Waals surface area contributed by atoms with E-state index in [2.05, 4.69) is 34.0 Å². The SMILES string of the molecule is CCNC(=NCCCCn1cnnc1)NC1CCCC(SC)C1. The molecule has 1 saturated carbocycles. The summed E-state index contributed by atoms with van der Waals surface area (Å²) >= 11 is 2.00. The highest BCUT2D eigenvalue weighted by atomic mass is 32.2. The van der Waals surface area contributed by atoms with Crippen LogP contribution in [0.4, 0.5) is 0 Å². The van der Waals surface area contributed by atoms with E-state index in [9.17, 15) is 0 Å². The number of hydrogen-bond acceptors (Lipinski definition) is 4. The Kier molecular flexibility index (Phi) is 8.28. The van der Waals surface area contributed by atoms with Crippen molar-refractivity contribution in [1.29, 1.82) is 0 Å². The molecule has 1 aliphatic carbocycles. The topological polar surface area (TPSA) is 67.1 Å². The molecule has 2 unspecified atom stereocenters. The van der Waals surface area contributed by atoms with Crippen molar-refractivity contribution < 1.29 is 0 Å². The van der Waals surface area contributed by atoms with Gasteiger partial charge in [-0.05, 0) is 45.3 Å². The van der Waals surface area contributed by atoms with Crippen LogP contribution in [0.1, 0.15) is 45.4 Å². The molecule has 0 bridgehead atoms. The number of nitrogens with zero attached hydrogens (tertiary/aromatic N) is 4. The summed E-state index contributed by atoms with van der Waals surface area (Å²) in [6, 6.07) is 0.566. The average molecular weight is 339 g/mol. The Morgan fingerprint density at radius 1 is 1.30 bits per heavy atom. The van der Waals surface area contributed by atoms with Crippen LogP contribution in [0.5, 0.6) is 0 Å². The second-order valence-electron chi connectivity index (χ2n) is 6.03. The van der Waals surface area contributed by atoms with Crippen molar-refractivity contribution in [3.8, 4) is 0 Å². The summed E-state index contributed by atoms with van der Waals surface area (Å²) in [5.41, 5.74) is 0. The molecular formula is C16H30N6S. The normalized spacial score (nSPS) is 22.1. The first-order valence-electron chi connectivity index (χ1n) is 8.72. The lowest BCUT2D eigenvalue weighted by Crippen LogP contribution is -2.45. The van der Waals surface area contributed by atoms with E-state index in [0.29, 0.717) is 6.04 Å². The van der Waals surface area contributed by atoms with E-state index in [1.54, 1.807) is 12.7 Å². The fourth-order valence-electron chi connectivity index (χ4n) is 2.94. The maximum atomic E-state index is 4.72. The number of aromatic nitrogens is 3. The van der Waals surface area contributed by atoms with E-state index < -0.39 is 0 Å². The molecule has 0 saturated heterocycles. The standard InChI is InChI=1S/C16H30N6S/c1-3-17-16(21-14-7-6-8-15(11-14)23-2)18-9-4-5-10-22-12-19-20-13-22/h12-15H,3-11H2,1-2H3,(H2,17,18,21). The van der Waals surface area contributed by atoms with Gasteiger partial charge < -0.3 is 15.2 Å². The number of aliphatic imine (C=N–C) groups is 1. The quantitative estimate of drug-likeness (QED) is 0.432. The first kappa shape index (κ1) is 18.1. The number of guanidine groups is 1. The van der Waals surface area contributed by atoms with Crippen molar-refractivity contribution in [3.63, 3.8) is 0 Å². The lowest BCUT2D eigenvalue weighted by molar-refractivity contribution is 0.419. The zero-order valence-electron chi connectivity index (χ0n) is 14.4. The van der Waals surface area contributed by atoms with Crippen LogP contribution in [-0.4, -0.2) is 51.4 Å². The number of aryl methyl sites for hydroxylation is 1. The maximum absolute atomic E-state index is 4.72. The minimum atomic E-state index is 0.566. The van der Waals surface area contributed by atoms with Gasteiger partial charge in [-0.1, -0.05) is 6.42 Å². The second-order valence-corrected chi connectivity index (χ2v) is 7.17.